The lowest BCUT2D eigenvalue weighted by molar-refractivity contribution is 0.469. The Morgan fingerprint density at radius 3 is 2.63 bits per heavy atom. The normalized spacial score (nSPS) is 14.6. The first-order chi connectivity index (χ1) is 14.1. The van der Waals surface area contributed by atoms with Gasteiger partial charge in [0.2, 0.25) is 10.0 Å². The van der Waals surface area contributed by atoms with Gasteiger partial charge in [-0.1, -0.05) is 12.1 Å². The summed E-state index contributed by atoms with van der Waals surface area (Å²) in [5.41, 5.74) is -0.0697. The summed E-state index contributed by atoms with van der Waals surface area (Å²) < 4.78 is 28.0. The zero-order valence-electron chi connectivity index (χ0n) is 17.0. The maximum atomic E-state index is 12.7. The number of nitrogens with zero attached hydrogens (tertiary/aromatic N) is 4. The van der Waals surface area contributed by atoms with Crippen LogP contribution in [0.4, 0.5) is 11.6 Å². The molecule has 0 radical (unpaired) electrons. The highest BCUT2D eigenvalue weighted by Crippen LogP contribution is 2.40. The summed E-state index contributed by atoms with van der Waals surface area (Å²) >= 11 is 0. The molecule has 1 aromatic carbocycles. The Balaban J connectivity index is 1.73. The van der Waals surface area contributed by atoms with Crippen LogP contribution < -0.4 is 9.62 Å². The molecular weight excluding hydrogens is 404 g/mol. The molecule has 1 aliphatic carbocycles. The van der Waals surface area contributed by atoms with Gasteiger partial charge in [0, 0.05) is 23.2 Å². The lowest BCUT2D eigenvalue weighted by Gasteiger charge is -2.22. The summed E-state index contributed by atoms with van der Waals surface area (Å²) in [7, 11) is -3.70. The molecule has 9 nitrogen and oxygen atoms in total. The van der Waals surface area contributed by atoms with Crippen LogP contribution in [0.15, 0.2) is 47.6 Å². The Morgan fingerprint density at radius 2 is 2.00 bits per heavy atom. The SMILES string of the molecule is CC(C)(C)NS(=O)(=O)c1cccc(-c2ncc(O)c(N(c3ccn[nH]3)C3CC3)n2)c1. The van der Waals surface area contributed by atoms with Gasteiger partial charge in [-0.3, -0.25) is 5.10 Å². The Hall–Kier alpha value is -2.98. The number of sulfonamides is 1. The number of hydrogen-bond donors (Lipinski definition) is 3. The molecule has 3 N–H and O–H groups in total. The van der Waals surface area contributed by atoms with Gasteiger partial charge in [0.25, 0.3) is 0 Å². The predicted octanol–water partition coefficient (Wildman–Crippen LogP) is 2.95. The van der Waals surface area contributed by atoms with Crippen LogP contribution in [0.5, 0.6) is 5.75 Å². The molecule has 2 heterocycles. The first-order valence-corrected chi connectivity index (χ1v) is 11.1. The van der Waals surface area contributed by atoms with E-state index in [1.807, 2.05) is 11.0 Å². The Kier molecular flexibility index (Phi) is 4.99. The highest BCUT2D eigenvalue weighted by Gasteiger charge is 2.34. The molecule has 0 saturated heterocycles. The molecule has 0 amide bonds. The highest BCUT2D eigenvalue weighted by molar-refractivity contribution is 7.89. The second-order valence-electron chi connectivity index (χ2n) is 8.33. The number of benzene rings is 1. The number of anilines is 2. The third kappa shape index (κ3) is 4.29. The zero-order chi connectivity index (χ0) is 21.5. The summed E-state index contributed by atoms with van der Waals surface area (Å²) in [5, 5.41) is 17.3. The fourth-order valence-corrected chi connectivity index (χ4v) is 4.61. The van der Waals surface area contributed by atoms with E-state index in [9.17, 15) is 13.5 Å². The van der Waals surface area contributed by atoms with E-state index in [0.29, 0.717) is 17.2 Å². The smallest absolute Gasteiger partial charge is 0.241 e. The summed E-state index contributed by atoms with van der Waals surface area (Å²) in [6.45, 7) is 5.35. The predicted molar refractivity (Wildman–Crippen MR) is 113 cm³/mol. The van der Waals surface area contributed by atoms with Gasteiger partial charge in [-0.2, -0.15) is 5.10 Å². The number of H-pyrrole nitrogens is 1. The molecule has 3 aromatic rings. The first-order valence-electron chi connectivity index (χ1n) is 9.63. The van der Waals surface area contributed by atoms with E-state index < -0.39 is 15.6 Å². The van der Waals surface area contributed by atoms with Crippen LogP contribution in [0.1, 0.15) is 33.6 Å². The van der Waals surface area contributed by atoms with Crippen molar-refractivity contribution in [3.63, 3.8) is 0 Å². The van der Waals surface area contributed by atoms with Crippen molar-refractivity contribution in [2.45, 2.75) is 50.1 Å². The average Bonchev–Trinajstić information content (AvgIpc) is 3.35. The second-order valence-corrected chi connectivity index (χ2v) is 10.0. The van der Waals surface area contributed by atoms with Crippen LogP contribution in [0.2, 0.25) is 0 Å². The van der Waals surface area contributed by atoms with Crippen LogP contribution in [-0.2, 0) is 10.0 Å². The Bertz CT molecular complexity index is 1150. The van der Waals surface area contributed by atoms with E-state index in [1.54, 1.807) is 39.1 Å². The second kappa shape index (κ2) is 7.37. The lowest BCUT2D eigenvalue weighted by Crippen LogP contribution is -2.40. The summed E-state index contributed by atoms with van der Waals surface area (Å²) in [6.07, 6.45) is 4.92. The molecule has 1 fully saturated rings. The van der Waals surface area contributed by atoms with E-state index >= 15 is 0 Å². The average molecular weight is 429 g/mol. The van der Waals surface area contributed by atoms with E-state index in [4.69, 9.17) is 0 Å². The molecule has 0 spiro atoms. The molecule has 4 rings (SSSR count). The number of rotatable bonds is 6. The number of aromatic amines is 1. The van der Waals surface area contributed by atoms with Gasteiger partial charge in [-0.15, -0.1) is 0 Å². The van der Waals surface area contributed by atoms with Crippen molar-refractivity contribution in [2.24, 2.45) is 0 Å². The summed E-state index contributed by atoms with van der Waals surface area (Å²) in [5.74, 6) is 1.34. The van der Waals surface area contributed by atoms with Crippen molar-refractivity contribution in [2.75, 3.05) is 4.90 Å². The summed E-state index contributed by atoms with van der Waals surface area (Å²) in [4.78, 5) is 10.8. The van der Waals surface area contributed by atoms with Crippen molar-refractivity contribution in [3.05, 3.63) is 42.7 Å². The molecule has 1 aliphatic rings. The largest absolute Gasteiger partial charge is 0.503 e. The fraction of sp³-hybridized carbons (Fsp3) is 0.350. The first kappa shape index (κ1) is 20.3. The van der Waals surface area contributed by atoms with Gasteiger partial charge in [0.15, 0.2) is 17.4 Å². The van der Waals surface area contributed by atoms with Gasteiger partial charge in [0.05, 0.1) is 17.3 Å². The maximum Gasteiger partial charge on any atom is 0.241 e. The van der Waals surface area contributed by atoms with Gasteiger partial charge in [-0.05, 0) is 45.7 Å². The van der Waals surface area contributed by atoms with E-state index in [-0.39, 0.29) is 16.7 Å². The molecule has 0 atom stereocenters. The fourth-order valence-electron chi connectivity index (χ4n) is 3.15. The highest BCUT2D eigenvalue weighted by atomic mass is 32.2. The third-order valence-electron chi connectivity index (χ3n) is 4.48. The monoisotopic (exact) mass is 428 g/mol. The van der Waals surface area contributed by atoms with E-state index in [1.165, 1.54) is 18.3 Å². The topological polar surface area (TPSA) is 124 Å². The minimum atomic E-state index is -3.70. The third-order valence-corrected chi connectivity index (χ3v) is 6.23. The van der Waals surface area contributed by atoms with Crippen molar-refractivity contribution in [1.82, 2.24) is 24.9 Å². The molecule has 0 bridgehead atoms. The van der Waals surface area contributed by atoms with Crippen LogP contribution in [0, 0.1) is 0 Å². The lowest BCUT2D eigenvalue weighted by atomic mass is 10.1. The van der Waals surface area contributed by atoms with Crippen molar-refractivity contribution >= 4 is 21.7 Å². The zero-order valence-corrected chi connectivity index (χ0v) is 17.8. The van der Waals surface area contributed by atoms with Crippen LogP contribution >= 0.6 is 0 Å². The molecular formula is C20H24N6O3S. The van der Waals surface area contributed by atoms with Gasteiger partial charge in [-0.25, -0.2) is 23.1 Å². The number of hydrogen-bond acceptors (Lipinski definition) is 7. The van der Waals surface area contributed by atoms with Gasteiger partial charge in [0.1, 0.15) is 5.82 Å². The molecule has 30 heavy (non-hydrogen) atoms. The van der Waals surface area contributed by atoms with Crippen molar-refractivity contribution < 1.29 is 13.5 Å². The van der Waals surface area contributed by atoms with E-state index in [0.717, 1.165) is 18.7 Å². The molecule has 10 heteroatoms. The Labute approximate surface area is 175 Å². The molecule has 158 valence electrons. The minimum absolute atomic E-state index is 0.0570. The maximum absolute atomic E-state index is 12.7. The van der Waals surface area contributed by atoms with Crippen LogP contribution in [0.3, 0.4) is 0 Å². The molecule has 2 aromatic heterocycles. The van der Waals surface area contributed by atoms with E-state index in [2.05, 4.69) is 24.9 Å². The molecule has 1 saturated carbocycles. The van der Waals surface area contributed by atoms with Crippen LogP contribution in [-0.4, -0.2) is 45.3 Å². The minimum Gasteiger partial charge on any atom is -0.503 e. The van der Waals surface area contributed by atoms with Crippen molar-refractivity contribution in [1.29, 1.82) is 0 Å². The standard InChI is InChI=1S/C20H24N6O3S/c1-20(2,3)25-30(28,29)15-6-4-5-13(11-15)18-21-12-16(27)19(23-18)26(14-7-8-14)17-9-10-22-24-17/h4-6,9-12,14,25,27H,7-8H2,1-3H3,(H,22,24). The number of nitrogens with one attached hydrogen (secondary N) is 2. The Morgan fingerprint density at radius 1 is 1.23 bits per heavy atom. The van der Waals surface area contributed by atoms with Crippen LogP contribution in [0.25, 0.3) is 11.4 Å². The quantitative estimate of drug-likeness (QED) is 0.551. The molecule has 0 aliphatic heterocycles. The van der Waals surface area contributed by atoms with Gasteiger partial charge >= 0.3 is 0 Å². The summed E-state index contributed by atoms with van der Waals surface area (Å²) in [6, 6.07) is 8.47. The number of aromatic hydroxyl groups is 1. The number of aromatic nitrogens is 4. The van der Waals surface area contributed by atoms with Crippen molar-refractivity contribution in [3.8, 4) is 17.1 Å². The van der Waals surface area contributed by atoms with Gasteiger partial charge < -0.3 is 10.0 Å². The molecule has 0 unspecified atom stereocenters.